The lowest BCUT2D eigenvalue weighted by Crippen LogP contribution is -2.30. The number of carbonyl (C=O) groups excluding carboxylic acids is 3. The zero-order valence-corrected chi connectivity index (χ0v) is 20.5. The number of hydrogen-bond acceptors (Lipinski definition) is 6. The Morgan fingerprint density at radius 3 is 1.41 bits per heavy atom. The third-order valence-corrected chi connectivity index (χ3v) is 5.28. The summed E-state index contributed by atoms with van der Waals surface area (Å²) in [5.41, 5.74) is 0. The van der Waals surface area contributed by atoms with Crippen molar-refractivity contribution in [2.75, 3.05) is 13.2 Å². The van der Waals surface area contributed by atoms with Gasteiger partial charge in [0.05, 0.1) is 0 Å². The average molecular weight is 455 g/mol. The van der Waals surface area contributed by atoms with Gasteiger partial charge >= 0.3 is 17.9 Å². The second-order valence-electron chi connectivity index (χ2n) is 8.37. The van der Waals surface area contributed by atoms with Crippen LogP contribution in [0.3, 0.4) is 0 Å². The maximum absolute atomic E-state index is 12.0. The second kappa shape index (κ2) is 22.3. The molecule has 6 heteroatoms. The van der Waals surface area contributed by atoms with Gasteiger partial charge in [-0.05, 0) is 12.8 Å². The lowest BCUT2D eigenvalue weighted by molar-refractivity contribution is -0.163. The number of rotatable bonds is 22. The zero-order chi connectivity index (χ0) is 23.9. The van der Waals surface area contributed by atoms with Crippen LogP contribution in [0.25, 0.3) is 0 Å². The molecule has 6 nitrogen and oxygen atoms in total. The molecule has 0 saturated heterocycles. The van der Waals surface area contributed by atoms with E-state index in [1.807, 2.05) is 0 Å². The number of esters is 3. The Kier molecular flexibility index (Phi) is 21.1. The second-order valence-corrected chi connectivity index (χ2v) is 8.37. The lowest BCUT2D eigenvalue weighted by Gasteiger charge is -2.17. The van der Waals surface area contributed by atoms with E-state index >= 15 is 0 Å². The molecular formula is C26H46O6. The van der Waals surface area contributed by atoms with Gasteiger partial charge in [0.1, 0.15) is 13.2 Å². The number of unbranched alkanes of at least 4 members (excludes halogenated alkanes) is 12. The van der Waals surface area contributed by atoms with Crippen LogP contribution >= 0.6 is 0 Å². The van der Waals surface area contributed by atoms with Gasteiger partial charge in [-0.25, -0.2) is 4.79 Å². The summed E-state index contributed by atoms with van der Waals surface area (Å²) in [6, 6.07) is 0. The number of carbonyl (C=O) groups is 3. The fourth-order valence-electron chi connectivity index (χ4n) is 3.30. The van der Waals surface area contributed by atoms with Gasteiger partial charge in [-0.2, -0.15) is 0 Å². The number of ether oxygens (including phenoxy) is 3. The largest absolute Gasteiger partial charge is 0.462 e. The Hall–Kier alpha value is -1.85. The minimum atomic E-state index is -0.823. The first-order valence-corrected chi connectivity index (χ1v) is 12.7. The molecule has 0 N–H and O–H groups in total. The van der Waals surface area contributed by atoms with Crippen LogP contribution in [0.2, 0.25) is 0 Å². The van der Waals surface area contributed by atoms with Crippen molar-refractivity contribution in [1.82, 2.24) is 0 Å². The molecule has 0 aromatic rings. The minimum Gasteiger partial charge on any atom is -0.462 e. The fourth-order valence-corrected chi connectivity index (χ4v) is 3.30. The van der Waals surface area contributed by atoms with Crippen LogP contribution in [0.15, 0.2) is 12.7 Å². The van der Waals surface area contributed by atoms with Gasteiger partial charge in [0, 0.05) is 18.9 Å². The van der Waals surface area contributed by atoms with Crippen LogP contribution in [-0.2, 0) is 28.6 Å². The van der Waals surface area contributed by atoms with Gasteiger partial charge < -0.3 is 14.2 Å². The third-order valence-electron chi connectivity index (χ3n) is 5.28. The molecule has 186 valence electrons. The van der Waals surface area contributed by atoms with Crippen molar-refractivity contribution in [2.24, 2.45) is 0 Å². The highest BCUT2D eigenvalue weighted by molar-refractivity contribution is 5.81. The molecular weight excluding hydrogens is 408 g/mol. The summed E-state index contributed by atoms with van der Waals surface area (Å²) in [5.74, 6) is -1.29. The summed E-state index contributed by atoms with van der Waals surface area (Å²) in [5, 5.41) is 0. The molecule has 0 aliphatic heterocycles. The van der Waals surface area contributed by atoms with Crippen molar-refractivity contribution in [3.8, 4) is 0 Å². The molecule has 0 fully saturated rings. The molecule has 0 aromatic carbocycles. The molecule has 0 atom stereocenters. The van der Waals surface area contributed by atoms with Crippen LogP contribution in [0.1, 0.15) is 117 Å². The van der Waals surface area contributed by atoms with Gasteiger partial charge in [0.2, 0.25) is 0 Å². The quantitative estimate of drug-likeness (QED) is 0.0809. The van der Waals surface area contributed by atoms with E-state index in [0.29, 0.717) is 12.8 Å². The van der Waals surface area contributed by atoms with Crippen LogP contribution in [0.5, 0.6) is 0 Å². The van der Waals surface area contributed by atoms with Crippen molar-refractivity contribution in [1.29, 1.82) is 0 Å². The molecule has 32 heavy (non-hydrogen) atoms. The standard InChI is InChI=1S/C26H46O6/c1-4-7-9-11-13-15-17-19-25(28)30-21-23(32-24(27)6-3)22-31-26(29)20-18-16-14-12-10-8-5-2/h6,23H,3-5,7-22H2,1-2H3. The minimum absolute atomic E-state index is 0.125. The van der Waals surface area contributed by atoms with Crippen molar-refractivity contribution in [3.05, 3.63) is 12.7 Å². The van der Waals surface area contributed by atoms with E-state index in [9.17, 15) is 14.4 Å². The Balaban J connectivity index is 4.05. The van der Waals surface area contributed by atoms with Crippen LogP contribution < -0.4 is 0 Å². The first kappa shape index (κ1) is 30.1. The molecule has 0 aromatic heterocycles. The highest BCUT2D eigenvalue weighted by Crippen LogP contribution is 2.10. The van der Waals surface area contributed by atoms with E-state index in [0.717, 1.165) is 44.6 Å². The van der Waals surface area contributed by atoms with Gasteiger partial charge in [-0.15, -0.1) is 0 Å². The van der Waals surface area contributed by atoms with Gasteiger partial charge in [0.15, 0.2) is 6.10 Å². The summed E-state index contributed by atoms with van der Waals surface area (Å²) < 4.78 is 15.6. The molecule has 0 aliphatic rings. The van der Waals surface area contributed by atoms with Crippen LogP contribution in [0.4, 0.5) is 0 Å². The third kappa shape index (κ3) is 20.1. The first-order valence-electron chi connectivity index (χ1n) is 12.7. The summed E-state index contributed by atoms with van der Waals surface area (Å²) in [6.07, 6.45) is 16.6. The first-order chi connectivity index (χ1) is 15.5. The molecule has 0 heterocycles. The predicted molar refractivity (Wildman–Crippen MR) is 127 cm³/mol. The van der Waals surface area contributed by atoms with E-state index in [-0.39, 0.29) is 25.2 Å². The molecule has 0 rings (SSSR count). The van der Waals surface area contributed by atoms with Crippen molar-refractivity contribution < 1.29 is 28.6 Å². The molecule has 0 aliphatic carbocycles. The van der Waals surface area contributed by atoms with Crippen molar-refractivity contribution in [3.63, 3.8) is 0 Å². The Labute approximate surface area is 195 Å². The van der Waals surface area contributed by atoms with Crippen LogP contribution in [0, 0.1) is 0 Å². The summed E-state index contributed by atoms with van der Waals surface area (Å²) in [7, 11) is 0. The summed E-state index contributed by atoms with van der Waals surface area (Å²) in [4.78, 5) is 35.4. The normalized spacial score (nSPS) is 10.7. The highest BCUT2D eigenvalue weighted by atomic mass is 16.6. The van der Waals surface area contributed by atoms with E-state index in [4.69, 9.17) is 14.2 Å². The maximum Gasteiger partial charge on any atom is 0.330 e. The maximum atomic E-state index is 12.0. The average Bonchev–Trinajstić information content (AvgIpc) is 2.79. The predicted octanol–water partition coefficient (Wildman–Crippen LogP) is 6.45. The van der Waals surface area contributed by atoms with E-state index in [1.54, 1.807) is 0 Å². The summed E-state index contributed by atoms with van der Waals surface area (Å²) >= 11 is 0. The molecule has 0 unspecified atom stereocenters. The molecule has 0 radical (unpaired) electrons. The molecule has 0 spiro atoms. The smallest absolute Gasteiger partial charge is 0.330 e. The monoisotopic (exact) mass is 454 g/mol. The van der Waals surface area contributed by atoms with E-state index < -0.39 is 12.1 Å². The zero-order valence-electron chi connectivity index (χ0n) is 20.5. The Morgan fingerprint density at radius 2 is 1.03 bits per heavy atom. The van der Waals surface area contributed by atoms with Gasteiger partial charge in [-0.1, -0.05) is 97.5 Å². The van der Waals surface area contributed by atoms with Crippen molar-refractivity contribution in [2.45, 2.75) is 123 Å². The summed E-state index contributed by atoms with van der Waals surface area (Å²) in [6.45, 7) is 7.49. The van der Waals surface area contributed by atoms with E-state index in [2.05, 4.69) is 20.4 Å². The topological polar surface area (TPSA) is 78.9 Å². The molecule has 0 bridgehead atoms. The fraction of sp³-hybridized carbons (Fsp3) is 0.808. The Bertz CT molecular complexity index is 469. The Morgan fingerprint density at radius 1 is 0.656 bits per heavy atom. The lowest BCUT2D eigenvalue weighted by atomic mass is 10.1. The van der Waals surface area contributed by atoms with Crippen molar-refractivity contribution >= 4 is 17.9 Å². The molecule has 0 saturated carbocycles. The van der Waals surface area contributed by atoms with Crippen LogP contribution in [-0.4, -0.2) is 37.2 Å². The molecule has 0 amide bonds. The highest BCUT2D eigenvalue weighted by Gasteiger charge is 2.18. The van der Waals surface area contributed by atoms with E-state index in [1.165, 1.54) is 51.4 Å². The van der Waals surface area contributed by atoms with Gasteiger partial charge in [0.25, 0.3) is 0 Å². The number of hydrogen-bond donors (Lipinski definition) is 0. The van der Waals surface area contributed by atoms with Gasteiger partial charge in [-0.3, -0.25) is 9.59 Å². The SMILES string of the molecule is C=CC(=O)OC(COC(=O)CCCCCCCCC)COC(=O)CCCCCCCCC.